The lowest BCUT2D eigenvalue weighted by Crippen LogP contribution is -2.41. The molecule has 2 saturated heterocycles. The van der Waals surface area contributed by atoms with Gasteiger partial charge in [-0.15, -0.1) is 0 Å². The van der Waals surface area contributed by atoms with Crippen LogP contribution >= 0.6 is 0 Å². The van der Waals surface area contributed by atoms with E-state index in [4.69, 9.17) is 4.74 Å². The number of ether oxygens (including phenoxy) is 1. The van der Waals surface area contributed by atoms with Crippen LogP contribution < -0.4 is 5.32 Å². The normalized spacial score (nSPS) is 31.9. The lowest BCUT2D eigenvalue weighted by molar-refractivity contribution is -0.0735. The molecular weight excluding hydrogens is 248 g/mol. The smallest absolute Gasteiger partial charge is 0.0710 e. The van der Waals surface area contributed by atoms with Gasteiger partial charge in [-0.2, -0.15) is 0 Å². The Morgan fingerprint density at radius 1 is 1.05 bits per heavy atom. The van der Waals surface area contributed by atoms with Gasteiger partial charge in [0, 0.05) is 6.54 Å². The zero-order valence-electron chi connectivity index (χ0n) is 13.2. The second-order valence-corrected chi connectivity index (χ2v) is 7.32. The summed E-state index contributed by atoms with van der Waals surface area (Å²) in [6, 6.07) is 0. The first-order chi connectivity index (χ1) is 9.80. The van der Waals surface area contributed by atoms with Gasteiger partial charge in [0.15, 0.2) is 0 Å². The monoisotopic (exact) mass is 280 g/mol. The summed E-state index contributed by atoms with van der Waals surface area (Å²) in [5, 5.41) is 3.32. The molecule has 0 aromatic carbocycles. The Morgan fingerprint density at radius 3 is 2.50 bits per heavy atom. The van der Waals surface area contributed by atoms with E-state index in [9.17, 15) is 0 Å². The van der Waals surface area contributed by atoms with Crippen LogP contribution in [0.2, 0.25) is 0 Å². The van der Waals surface area contributed by atoms with Gasteiger partial charge in [0.25, 0.3) is 0 Å². The molecule has 3 heteroatoms. The Labute approximate surface area is 124 Å². The third-order valence-electron chi connectivity index (χ3n) is 5.77. The molecule has 116 valence electrons. The van der Waals surface area contributed by atoms with E-state index >= 15 is 0 Å². The molecule has 0 bridgehead atoms. The van der Waals surface area contributed by atoms with E-state index in [-0.39, 0.29) is 0 Å². The van der Waals surface area contributed by atoms with E-state index in [0.717, 1.165) is 5.92 Å². The largest absolute Gasteiger partial charge is 0.370 e. The predicted molar refractivity (Wildman–Crippen MR) is 83.0 cm³/mol. The molecule has 3 rings (SSSR count). The minimum atomic E-state index is 0.299. The Bertz CT molecular complexity index is 293. The summed E-state index contributed by atoms with van der Waals surface area (Å²) in [6.45, 7) is 4.93. The molecule has 1 atom stereocenters. The van der Waals surface area contributed by atoms with Crippen molar-refractivity contribution in [1.29, 1.82) is 0 Å². The van der Waals surface area contributed by atoms with Crippen LogP contribution in [0.25, 0.3) is 0 Å². The Kier molecular flexibility index (Phi) is 5.00. The topological polar surface area (TPSA) is 24.5 Å². The van der Waals surface area contributed by atoms with Crippen molar-refractivity contribution in [3.05, 3.63) is 0 Å². The molecule has 0 aromatic rings. The first-order valence-corrected chi connectivity index (χ1v) is 8.84. The number of hydrogen-bond donors (Lipinski definition) is 1. The molecule has 1 saturated carbocycles. The lowest BCUT2D eigenvalue weighted by Gasteiger charge is -2.36. The van der Waals surface area contributed by atoms with Gasteiger partial charge < -0.3 is 15.0 Å². The molecule has 2 aliphatic heterocycles. The SMILES string of the molecule is CNCC1CCN(CC2CCC3(CCCCC3)O2)CC1. The van der Waals surface area contributed by atoms with Crippen LogP contribution in [0.15, 0.2) is 0 Å². The summed E-state index contributed by atoms with van der Waals surface area (Å²) < 4.78 is 6.51. The van der Waals surface area contributed by atoms with Crippen molar-refractivity contribution in [1.82, 2.24) is 10.2 Å². The van der Waals surface area contributed by atoms with Gasteiger partial charge in [-0.05, 0) is 71.1 Å². The van der Waals surface area contributed by atoms with Crippen LogP contribution in [0.4, 0.5) is 0 Å². The van der Waals surface area contributed by atoms with Gasteiger partial charge in [-0.3, -0.25) is 0 Å². The molecule has 0 aromatic heterocycles. The summed E-state index contributed by atoms with van der Waals surface area (Å²) in [5.41, 5.74) is 0.299. The fourth-order valence-electron chi connectivity index (χ4n) is 4.54. The number of rotatable bonds is 4. The average molecular weight is 280 g/mol. The van der Waals surface area contributed by atoms with Crippen molar-refractivity contribution in [3.8, 4) is 0 Å². The maximum atomic E-state index is 6.51. The van der Waals surface area contributed by atoms with E-state index < -0.39 is 0 Å². The third kappa shape index (κ3) is 3.55. The minimum Gasteiger partial charge on any atom is -0.370 e. The molecule has 20 heavy (non-hydrogen) atoms. The van der Waals surface area contributed by atoms with Crippen LogP contribution in [0.5, 0.6) is 0 Å². The van der Waals surface area contributed by atoms with Crippen LogP contribution in [-0.4, -0.2) is 49.8 Å². The quantitative estimate of drug-likeness (QED) is 0.857. The summed E-state index contributed by atoms with van der Waals surface area (Å²) in [4.78, 5) is 2.65. The maximum absolute atomic E-state index is 6.51. The summed E-state index contributed by atoms with van der Waals surface area (Å²) in [7, 11) is 2.07. The number of hydrogen-bond acceptors (Lipinski definition) is 3. The second-order valence-electron chi connectivity index (χ2n) is 7.32. The molecule has 1 spiro atoms. The zero-order valence-corrected chi connectivity index (χ0v) is 13.2. The highest BCUT2D eigenvalue weighted by Crippen LogP contribution is 2.42. The summed E-state index contributed by atoms with van der Waals surface area (Å²) in [6.07, 6.45) is 12.7. The second kappa shape index (κ2) is 6.76. The molecule has 0 amide bonds. The van der Waals surface area contributed by atoms with E-state index in [1.54, 1.807) is 0 Å². The van der Waals surface area contributed by atoms with E-state index in [1.807, 2.05) is 0 Å². The average Bonchev–Trinajstić information content (AvgIpc) is 2.85. The zero-order chi connectivity index (χ0) is 13.8. The number of nitrogens with one attached hydrogen (secondary N) is 1. The van der Waals surface area contributed by atoms with Crippen LogP contribution in [-0.2, 0) is 4.74 Å². The van der Waals surface area contributed by atoms with Crippen molar-refractivity contribution in [2.75, 3.05) is 33.2 Å². The van der Waals surface area contributed by atoms with Crippen LogP contribution in [0, 0.1) is 5.92 Å². The molecule has 1 aliphatic carbocycles. The summed E-state index contributed by atoms with van der Waals surface area (Å²) in [5.74, 6) is 0.894. The number of piperidine rings is 1. The lowest BCUT2D eigenvalue weighted by atomic mass is 9.83. The maximum Gasteiger partial charge on any atom is 0.0710 e. The Morgan fingerprint density at radius 2 is 1.80 bits per heavy atom. The molecule has 3 nitrogen and oxygen atoms in total. The molecule has 1 unspecified atom stereocenters. The van der Waals surface area contributed by atoms with Crippen molar-refractivity contribution >= 4 is 0 Å². The van der Waals surface area contributed by atoms with Gasteiger partial charge in [0.1, 0.15) is 0 Å². The minimum absolute atomic E-state index is 0.299. The molecule has 3 fully saturated rings. The van der Waals surface area contributed by atoms with Gasteiger partial charge in [-0.1, -0.05) is 19.3 Å². The highest BCUT2D eigenvalue weighted by Gasteiger charge is 2.41. The molecule has 2 heterocycles. The van der Waals surface area contributed by atoms with E-state index in [1.165, 1.54) is 84.0 Å². The van der Waals surface area contributed by atoms with Gasteiger partial charge in [0.05, 0.1) is 11.7 Å². The van der Waals surface area contributed by atoms with Gasteiger partial charge in [0.2, 0.25) is 0 Å². The highest BCUT2D eigenvalue weighted by atomic mass is 16.5. The van der Waals surface area contributed by atoms with Crippen LogP contribution in [0.3, 0.4) is 0 Å². The fourth-order valence-corrected chi connectivity index (χ4v) is 4.54. The van der Waals surface area contributed by atoms with E-state index in [0.29, 0.717) is 11.7 Å². The van der Waals surface area contributed by atoms with Crippen molar-refractivity contribution < 1.29 is 4.74 Å². The molecule has 0 radical (unpaired) electrons. The van der Waals surface area contributed by atoms with Gasteiger partial charge in [-0.25, -0.2) is 0 Å². The summed E-state index contributed by atoms with van der Waals surface area (Å²) >= 11 is 0. The van der Waals surface area contributed by atoms with E-state index in [2.05, 4.69) is 17.3 Å². The van der Waals surface area contributed by atoms with Crippen LogP contribution in [0.1, 0.15) is 57.8 Å². The Balaban J connectivity index is 1.41. The molecule has 3 aliphatic rings. The first-order valence-electron chi connectivity index (χ1n) is 8.84. The first kappa shape index (κ1) is 14.8. The molecule has 1 N–H and O–H groups in total. The Hall–Kier alpha value is -0.120. The van der Waals surface area contributed by atoms with Crippen molar-refractivity contribution in [3.63, 3.8) is 0 Å². The fraction of sp³-hybridized carbons (Fsp3) is 1.00. The number of nitrogens with zero attached hydrogens (tertiary/aromatic N) is 1. The number of likely N-dealkylation sites (tertiary alicyclic amines) is 1. The predicted octanol–water partition coefficient (Wildman–Crippen LogP) is 2.80. The molecular formula is C17H32N2O. The van der Waals surface area contributed by atoms with Crippen molar-refractivity contribution in [2.24, 2.45) is 5.92 Å². The third-order valence-corrected chi connectivity index (χ3v) is 5.77. The van der Waals surface area contributed by atoms with Crippen molar-refractivity contribution in [2.45, 2.75) is 69.5 Å². The highest BCUT2D eigenvalue weighted by molar-refractivity contribution is 4.92. The standard InChI is InChI=1S/C17H32N2O/c1-18-13-15-6-11-19(12-7-15)14-16-5-10-17(20-16)8-3-2-4-9-17/h15-16,18H,2-14H2,1H3. The van der Waals surface area contributed by atoms with Gasteiger partial charge >= 0.3 is 0 Å².